The van der Waals surface area contributed by atoms with Crippen LogP contribution in [0, 0.1) is 5.82 Å². The van der Waals surface area contributed by atoms with Crippen LogP contribution in [0.3, 0.4) is 0 Å². The quantitative estimate of drug-likeness (QED) is 0.830. The van der Waals surface area contributed by atoms with Gasteiger partial charge in [-0.25, -0.2) is 4.39 Å². The standard InChI is InChI=1S/C14H19FN2OS/c15-11-1-3-13(4-2-11)17-8-5-12(6-9-17)16-14(18)7-10-19/h1-4,12,19H,5-10H2,(H,16,18). The first-order valence-corrected chi connectivity index (χ1v) is 7.23. The van der Waals surface area contributed by atoms with E-state index in [-0.39, 0.29) is 17.8 Å². The van der Waals surface area contributed by atoms with Crippen molar-refractivity contribution in [1.29, 1.82) is 0 Å². The first-order valence-electron chi connectivity index (χ1n) is 6.60. The van der Waals surface area contributed by atoms with E-state index in [0.717, 1.165) is 31.6 Å². The molecule has 1 aromatic carbocycles. The maximum absolute atomic E-state index is 12.9. The third kappa shape index (κ3) is 4.13. The summed E-state index contributed by atoms with van der Waals surface area (Å²) in [5.41, 5.74) is 1.04. The second-order valence-corrected chi connectivity index (χ2v) is 5.23. The molecule has 0 aromatic heterocycles. The van der Waals surface area contributed by atoms with Crippen molar-refractivity contribution in [3.8, 4) is 0 Å². The van der Waals surface area contributed by atoms with Crippen LogP contribution in [0.1, 0.15) is 19.3 Å². The molecule has 1 fully saturated rings. The third-order valence-electron chi connectivity index (χ3n) is 3.39. The molecule has 3 nitrogen and oxygen atoms in total. The number of hydrogen-bond donors (Lipinski definition) is 2. The van der Waals surface area contributed by atoms with Gasteiger partial charge in [0, 0.05) is 31.2 Å². The minimum Gasteiger partial charge on any atom is -0.371 e. The van der Waals surface area contributed by atoms with Gasteiger partial charge in [-0.05, 0) is 42.9 Å². The molecule has 0 aliphatic carbocycles. The number of halogens is 1. The number of carbonyl (C=O) groups excluding carboxylic acids is 1. The normalized spacial score (nSPS) is 16.4. The fourth-order valence-corrected chi connectivity index (χ4v) is 2.54. The number of piperidine rings is 1. The van der Waals surface area contributed by atoms with Gasteiger partial charge in [-0.1, -0.05) is 0 Å². The molecular weight excluding hydrogens is 263 g/mol. The van der Waals surface area contributed by atoms with Gasteiger partial charge in [-0.2, -0.15) is 12.6 Å². The fourth-order valence-electron chi connectivity index (χ4n) is 2.34. The zero-order chi connectivity index (χ0) is 13.7. The van der Waals surface area contributed by atoms with Gasteiger partial charge in [0.15, 0.2) is 0 Å². The van der Waals surface area contributed by atoms with Gasteiger partial charge in [-0.15, -0.1) is 0 Å². The first-order chi connectivity index (χ1) is 9.19. The Balaban J connectivity index is 1.82. The number of nitrogens with zero attached hydrogens (tertiary/aromatic N) is 1. The minimum atomic E-state index is -0.211. The van der Waals surface area contributed by atoms with E-state index in [1.54, 1.807) is 12.1 Å². The molecule has 1 heterocycles. The van der Waals surface area contributed by atoms with Crippen molar-refractivity contribution in [2.75, 3.05) is 23.7 Å². The van der Waals surface area contributed by atoms with E-state index in [1.807, 2.05) is 0 Å². The van der Waals surface area contributed by atoms with Crippen LogP contribution < -0.4 is 10.2 Å². The summed E-state index contributed by atoms with van der Waals surface area (Å²) in [6.45, 7) is 1.77. The number of hydrogen-bond acceptors (Lipinski definition) is 3. The highest BCUT2D eigenvalue weighted by atomic mass is 32.1. The molecule has 0 saturated carbocycles. The van der Waals surface area contributed by atoms with E-state index in [0.29, 0.717) is 12.2 Å². The van der Waals surface area contributed by atoms with Gasteiger partial charge in [0.1, 0.15) is 5.82 Å². The summed E-state index contributed by atoms with van der Waals surface area (Å²) in [7, 11) is 0. The molecular formula is C14H19FN2OS. The molecule has 104 valence electrons. The first kappa shape index (κ1) is 14.2. The van der Waals surface area contributed by atoms with Gasteiger partial charge in [0.2, 0.25) is 5.91 Å². The lowest BCUT2D eigenvalue weighted by Crippen LogP contribution is -2.44. The van der Waals surface area contributed by atoms with Crippen LogP contribution in [0.25, 0.3) is 0 Å². The average Bonchev–Trinajstić information content (AvgIpc) is 2.41. The molecule has 2 rings (SSSR count). The molecule has 1 aromatic rings. The molecule has 19 heavy (non-hydrogen) atoms. The van der Waals surface area contributed by atoms with Crippen LogP contribution in [0.2, 0.25) is 0 Å². The van der Waals surface area contributed by atoms with Crippen LogP contribution in [-0.2, 0) is 4.79 Å². The molecule has 1 saturated heterocycles. The molecule has 1 aliphatic heterocycles. The molecule has 1 amide bonds. The smallest absolute Gasteiger partial charge is 0.221 e. The van der Waals surface area contributed by atoms with Crippen molar-refractivity contribution in [3.63, 3.8) is 0 Å². The van der Waals surface area contributed by atoms with E-state index < -0.39 is 0 Å². The fraction of sp³-hybridized carbons (Fsp3) is 0.500. The predicted molar refractivity (Wildman–Crippen MR) is 78.2 cm³/mol. The van der Waals surface area contributed by atoms with E-state index in [1.165, 1.54) is 12.1 Å². The van der Waals surface area contributed by atoms with Crippen molar-refractivity contribution in [1.82, 2.24) is 5.32 Å². The summed E-state index contributed by atoms with van der Waals surface area (Å²) >= 11 is 4.05. The van der Waals surface area contributed by atoms with E-state index in [2.05, 4.69) is 22.8 Å². The van der Waals surface area contributed by atoms with Crippen LogP contribution in [-0.4, -0.2) is 30.8 Å². The number of rotatable bonds is 4. The Morgan fingerprint density at radius 2 is 1.95 bits per heavy atom. The number of anilines is 1. The summed E-state index contributed by atoms with van der Waals surface area (Å²) in [6.07, 6.45) is 2.33. The van der Waals surface area contributed by atoms with E-state index in [9.17, 15) is 9.18 Å². The zero-order valence-corrected chi connectivity index (χ0v) is 11.7. The Kier molecular flexibility index (Phi) is 5.07. The largest absolute Gasteiger partial charge is 0.371 e. The molecule has 0 radical (unpaired) electrons. The maximum atomic E-state index is 12.9. The highest BCUT2D eigenvalue weighted by Crippen LogP contribution is 2.20. The van der Waals surface area contributed by atoms with Crippen molar-refractivity contribution in [3.05, 3.63) is 30.1 Å². The van der Waals surface area contributed by atoms with Crippen LogP contribution in [0.5, 0.6) is 0 Å². The third-order valence-corrected chi connectivity index (χ3v) is 3.61. The van der Waals surface area contributed by atoms with Gasteiger partial charge in [0.05, 0.1) is 0 Å². The van der Waals surface area contributed by atoms with Crippen LogP contribution >= 0.6 is 12.6 Å². The Hall–Kier alpha value is -1.23. The summed E-state index contributed by atoms with van der Waals surface area (Å²) in [5, 5.41) is 3.03. The van der Waals surface area contributed by atoms with Gasteiger partial charge in [0.25, 0.3) is 0 Å². The van der Waals surface area contributed by atoms with Crippen molar-refractivity contribution in [2.45, 2.75) is 25.3 Å². The Labute approximate surface area is 118 Å². The van der Waals surface area contributed by atoms with E-state index >= 15 is 0 Å². The second kappa shape index (κ2) is 6.80. The Morgan fingerprint density at radius 3 is 2.53 bits per heavy atom. The van der Waals surface area contributed by atoms with Crippen molar-refractivity contribution < 1.29 is 9.18 Å². The number of benzene rings is 1. The number of carbonyl (C=O) groups is 1. The zero-order valence-electron chi connectivity index (χ0n) is 10.8. The van der Waals surface area contributed by atoms with Crippen molar-refractivity contribution >= 4 is 24.2 Å². The molecule has 1 aliphatic rings. The Bertz CT molecular complexity index is 416. The predicted octanol–water partition coefficient (Wildman–Crippen LogP) is 2.23. The van der Waals surface area contributed by atoms with E-state index in [4.69, 9.17) is 0 Å². The lowest BCUT2D eigenvalue weighted by atomic mass is 10.0. The van der Waals surface area contributed by atoms with Gasteiger partial charge >= 0.3 is 0 Å². The summed E-state index contributed by atoms with van der Waals surface area (Å²) in [6, 6.07) is 6.82. The molecule has 0 atom stereocenters. The molecule has 5 heteroatoms. The van der Waals surface area contributed by atoms with Gasteiger partial charge < -0.3 is 10.2 Å². The lowest BCUT2D eigenvalue weighted by Gasteiger charge is -2.34. The summed E-state index contributed by atoms with van der Waals surface area (Å²) in [4.78, 5) is 13.7. The molecule has 0 bridgehead atoms. The SMILES string of the molecule is O=C(CCS)NC1CCN(c2ccc(F)cc2)CC1. The number of thiol groups is 1. The van der Waals surface area contributed by atoms with Gasteiger partial charge in [-0.3, -0.25) is 4.79 Å². The molecule has 0 unspecified atom stereocenters. The maximum Gasteiger partial charge on any atom is 0.221 e. The number of amides is 1. The minimum absolute atomic E-state index is 0.0789. The Morgan fingerprint density at radius 1 is 1.32 bits per heavy atom. The monoisotopic (exact) mass is 282 g/mol. The second-order valence-electron chi connectivity index (χ2n) is 4.78. The lowest BCUT2D eigenvalue weighted by molar-refractivity contribution is -0.121. The van der Waals surface area contributed by atoms with Crippen LogP contribution in [0.4, 0.5) is 10.1 Å². The highest BCUT2D eigenvalue weighted by molar-refractivity contribution is 7.80. The van der Waals surface area contributed by atoms with Crippen LogP contribution in [0.15, 0.2) is 24.3 Å². The summed E-state index contributed by atoms with van der Waals surface area (Å²) in [5.74, 6) is 0.452. The number of nitrogens with one attached hydrogen (secondary N) is 1. The van der Waals surface area contributed by atoms with Crippen molar-refractivity contribution in [2.24, 2.45) is 0 Å². The highest BCUT2D eigenvalue weighted by Gasteiger charge is 2.20. The topological polar surface area (TPSA) is 32.3 Å². The summed E-state index contributed by atoms with van der Waals surface area (Å²) < 4.78 is 12.9. The molecule has 1 N–H and O–H groups in total. The molecule has 0 spiro atoms. The average molecular weight is 282 g/mol.